The molecule has 14 heavy (non-hydrogen) atoms. The topological polar surface area (TPSA) is 54.4 Å². The van der Waals surface area contributed by atoms with Crippen molar-refractivity contribution >= 4 is 23.1 Å². The lowest BCUT2D eigenvalue weighted by molar-refractivity contribution is -0.138. The third-order valence-electron chi connectivity index (χ3n) is 2.46. The first-order valence-electron chi connectivity index (χ1n) is 4.48. The van der Waals surface area contributed by atoms with E-state index in [0.29, 0.717) is 6.42 Å². The van der Waals surface area contributed by atoms with Crippen molar-refractivity contribution < 1.29 is 14.7 Å². The summed E-state index contributed by atoms with van der Waals surface area (Å²) < 4.78 is 0. The number of hydrogen-bond acceptors (Lipinski definition) is 3. The number of carbonyl (C=O) groups is 2. The standard InChI is InChI=1S/C10H10O3S/c11-8-3-6(5-10(12)13)4-9-7(8)1-2-14-9/h1-2,6H,3-5H2,(H,12,13). The summed E-state index contributed by atoms with van der Waals surface area (Å²) in [5, 5.41) is 10.5. The molecule has 0 aliphatic heterocycles. The van der Waals surface area contributed by atoms with E-state index in [4.69, 9.17) is 5.11 Å². The zero-order chi connectivity index (χ0) is 10.1. The molecule has 1 heterocycles. The Hall–Kier alpha value is -1.16. The molecule has 0 aromatic carbocycles. The van der Waals surface area contributed by atoms with E-state index in [0.717, 1.165) is 16.9 Å². The molecule has 1 unspecified atom stereocenters. The summed E-state index contributed by atoms with van der Waals surface area (Å²) in [5.41, 5.74) is 0.802. The zero-order valence-electron chi connectivity index (χ0n) is 7.53. The normalized spacial score (nSPS) is 20.6. The molecule has 3 nitrogen and oxygen atoms in total. The van der Waals surface area contributed by atoms with Crippen LogP contribution < -0.4 is 0 Å². The van der Waals surface area contributed by atoms with Gasteiger partial charge in [0.25, 0.3) is 0 Å². The predicted molar refractivity (Wildman–Crippen MR) is 52.7 cm³/mol. The van der Waals surface area contributed by atoms with E-state index in [9.17, 15) is 9.59 Å². The Morgan fingerprint density at radius 2 is 2.36 bits per heavy atom. The zero-order valence-corrected chi connectivity index (χ0v) is 8.34. The number of rotatable bonds is 2. The minimum absolute atomic E-state index is 0.00819. The quantitative estimate of drug-likeness (QED) is 0.811. The highest BCUT2D eigenvalue weighted by atomic mass is 32.1. The number of Topliss-reactive ketones (excluding diaryl/α,β-unsaturated/α-hetero) is 1. The molecule has 0 amide bonds. The first-order valence-corrected chi connectivity index (χ1v) is 5.36. The summed E-state index contributed by atoms with van der Waals surface area (Å²) in [5.74, 6) is -0.729. The van der Waals surface area contributed by atoms with E-state index >= 15 is 0 Å². The third-order valence-corrected chi connectivity index (χ3v) is 3.40. The molecule has 1 aliphatic carbocycles. The third kappa shape index (κ3) is 1.70. The number of ketones is 1. The summed E-state index contributed by atoms with van der Waals surface area (Å²) in [6.45, 7) is 0. The van der Waals surface area contributed by atoms with Gasteiger partial charge in [0.2, 0.25) is 0 Å². The fourth-order valence-corrected chi connectivity index (χ4v) is 2.85. The minimum atomic E-state index is -0.817. The van der Waals surface area contributed by atoms with Crippen LogP contribution in [0.1, 0.15) is 28.1 Å². The SMILES string of the molecule is O=C(O)CC1CC(=O)c2ccsc2C1. The number of fused-ring (bicyclic) bond motifs is 1. The molecule has 0 fully saturated rings. The predicted octanol–water partition coefficient (Wildman–Crippen LogP) is 1.97. The molecule has 0 radical (unpaired) electrons. The van der Waals surface area contributed by atoms with Crippen molar-refractivity contribution in [1.82, 2.24) is 0 Å². The van der Waals surface area contributed by atoms with Crippen molar-refractivity contribution in [3.63, 3.8) is 0 Å². The van der Waals surface area contributed by atoms with Gasteiger partial charge in [0.1, 0.15) is 0 Å². The van der Waals surface area contributed by atoms with Crippen LogP contribution in [0.4, 0.5) is 0 Å². The molecule has 2 rings (SSSR count). The van der Waals surface area contributed by atoms with Crippen molar-refractivity contribution in [2.24, 2.45) is 5.92 Å². The van der Waals surface area contributed by atoms with Gasteiger partial charge in [-0.3, -0.25) is 9.59 Å². The monoisotopic (exact) mass is 210 g/mol. The van der Waals surface area contributed by atoms with E-state index in [1.165, 1.54) is 0 Å². The molecule has 74 valence electrons. The van der Waals surface area contributed by atoms with Crippen LogP contribution >= 0.6 is 11.3 Å². The summed E-state index contributed by atoms with van der Waals surface area (Å²) in [6.07, 6.45) is 1.23. The lowest BCUT2D eigenvalue weighted by Gasteiger charge is -2.18. The molecule has 1 atom stereocenters. The van der Waals surface area contributed by atoms with Gasteiger partial charge in [-0.25, -0.2) is 0 Å². The number of carboxylic acid groups (broad SMARTS) is 1. The summed E-state index contributed by atoms with van der Waals surface area (Å²) >= 11 is 1.55. The second-order valence-electron chi connectivity index (χ2n) is 3.55. The Bertz CT molecular complexity index is 380. The van der Waals surface area contributed by atoms with Gasteiger partial charge in [-0.2, -0.15) is 0 Å². The molecule has 1 aromatic heterocycles. The van der Waals surface area contributed by atoms with Crippen LogP contribution in [0.25, 0.3) is 0 Å². The molecule has 1 aliphatic rings. The van der Waals surface area contributed by atoms with Crippen LogP contribution in [0.2, 0.25) is 0 Å². The van der Waals surface area contributed by atoms with Crippen LogP contribution in [-0.2, 0) is 11.2 Å². The molecular formula is C10H10O3S. The maximum absolute atomic E-state index is 11.6. The number of carbonyl (C=O) groups excluding carboxylic acids is 1. The van der Waals surface area contributed by atoms with Crippen molar-refractivity contribution in [2.45, 2.75) is 19.3 Å². The average Bonchev–Trinajstić information content (AvgIpc) is 2.50. The Kier molecular flexibility index (Phi) is 2.37. The van der Waals surface area contributed by atoms with Crippen molar-refractivity contribution in [3.8, 4) is 0 Å². The van der Waals surface area contributed by atoms with E-state index < -0.39 is 5.97 Å². The Balaban J connectivity index is 2.17. The first-order chi connectivity index (χ1) is 6.66. The highest BCUT2D eigenvalue weighted by Crippen LogP contribution is 2.30. The summed E-state index contributed by atoms with van der Waals surface area (Å²) in [4.78, 5) is 23.1. The van der Waals surface area contributed by atoms with E-state index in [-0.39, 0.29) is 18.1 Å². The van der Waals surface area contributed by atoms with E-state index in [1.54, 1.807) is 11.3 Å². The highest BCUT2D eigenvalue weighted by molar-refractivity contribution is 7.10. The van der Waals surface area contributed by atoms with Crippen LogP contribution in [0.3, 0.4) is 0 Å². The van der Waals surface area contributed by atoms with Gasteiger partial charge in [-0.05, 0) is 23.8 Å². The minimum Gasteiger partial charge on any atom is -0.481 e. The first kappa shape index (κ1) is 9.40. The van der Waals surface area contributed by atoms with Gasteiger partial charge in [0.05, 0.1) is 0 Å². The van der Waals surface area contributed by atoms with Crippen molar-refractivity contribution in [3.05, 3.63) is 21.9 Å². The number of hydrogen-bond donors (Lipinski definition) is 1. The summed E-state index contributed by atoms with van der Waals surface area (Å²) in [6, 6.07) is 1.83. The lowest BCUT2D eigenvalue weighted by Crippen LogP contribution is -2.20. The highest BCUT2D eigenvalue weighted by Gasteiger charge is 2.27. The number of carboxylic acids is 1. The number of thiophene rings is 1. The van der Waals surface area contributed by atoms with Gasteiger partial charge < -0.3 is 5.11 Å². The molecule has 0 spiro atoms. The Morgan fingerprint density at radius 3 is 3.07 bits per heavy atom. The van der Waals surface area contributed by atoms with Gasteiger partial charge in [0, 0.05) is 23.3 Å². The van der Waals surface area contributed by atoms with Crippen LogP contribution in [0, 0.1) is 5.92 Å². The smallest absolute Gasteiger partial charge is 0.303 e. The second kappa shape index (κ2) is 3.53. The largest absolute Gasteiger partial charge is 0.481 e. The van der Waals surface area contributed by atoms with E-state index in [1.807, 2.05) is 11.4 Å². The molecule has 1 aromatic rings. The maximum atomic E-state index is 11.6. The maximum Gasteiger partial charge on any atom is 0.303 e. The van der Waals surface area contributed by atoms with Crippen molar-refractivity contribution in [2.75, 3.05) is 0 Å². The summed E-state index contributed by atoms with van der Waals surface area (Å²) in [7, 11) is 0. The molecule has 0 saturated carbocycles. The molecule has 0 saturated heterocycles. The van der Waals surface area contributed by atoms with Crippen molar-refractivity contribution in [1.29, 1.82) is 0 Å². The van der Waals surface area contributed by atoms with Gasteiger partial charge in [-0.15, -0.1) is 11.3 Å². The van der Waals surface area contributed by atoms with Gasteiger partial charge in [-0.1, -0.05) is 0 Å². The fourth-order valence-electron chi connectivity index (χ4n) is 1.84. The molecule has 0 bridgehead atoms. The molecule has 1 N–H and O–H groups in total. The Labute approximate surface area is 85.4 Å². The average molecular weight is 210 g/mol. The number of aliphatic carboxylic acids is 1. The molecule has 4 heteroatoms. The molecular weight excluding hydrogens is 200 g/mol. The fraction of sp³-hybridized carbons (Fsp3) is 0.400. The van der Waals surface area contributed by atoms with Crippen LogP contribution in [0.5, 0.6) is 0 Å². The van der Waals surface area contributed by atoms with Crippen LogP contribution in [-0.4, -0.2) is 16.9 Å². The Morgan fingerprint density at radius 1 is 1.57 bits per heavy atom. The lowest BCUT2D eigenvalue weighted by atomic mass is 9.86. The second-order valence-corrected chi connectivity index (χ2v) is 4.55. The van der Waals surface area contributed by atoms with E-state index in [2.05, 4.69) is 0 Å². The van der Waals surface area contributed by atoms with Gasteiger partial charge >= 0.3 is 5.97 Å². The van der Waals surface area contributed by atoms with Crippen LogP contribution in [0.15, 0.2) is 11.4 Å². The van der Waals surface area contributed by atoms with Gasteiger partial charge in [0.15, 0.2) is 5.78 Å².